The molecule has 0 saturated carbocycles. The molecule has 4 N–H and O–H groups in total. The van der Waals surface area contributed by atoms with Gasteiger partial charge < -0.3 is 21.1 Å². The lowest BCUT2D eigenvalue weighted by molar-refractivity contribution is -0.132. The van der Waals surface area contributed by atoms with Crippen molar-refractivity contribution >= 4 is 23.4 Å². The number of hydrogen-bond acceptors (Lipinski definition) is 6. The van der Waals surface area contributed by atoms with Crippen LogP contribution in [0.15, 0.2) is 54.6 Å². The van der Waals surface area contributed by atoms with Gasteiger partial charge in [-0.3, -0.25) is 19.2 Å². The van der Waals surface area contributed by atoms with Gasteiger partial charge in [0.25, 0.3) is 5.91 Å². The second-order valence-electron chi connectivity index (χ2n) is 7.85. The SMILES string of the molecule is CC(=O)N[C@@H](CC(C)C)C(=O)C(N)C(=O)CNC(=O)c1ccc(Oc2ccccc2)cc1. The lowest BCUT2D eigenvalue weighted by atomic mass is 9.94. The molecule has 0 aliphatic carbocycles. The smallest absolute Gasteiger partial charge is 0.251 e. The fraction of sp³-hybridized carbons (Fsp3) is 0.333. The van der Waals surface area contributed by atoms with E-state index in [1.807, 2.05) is 44.2 Å². The third-order valence-electron chi connectivity index (χ3n) is 4.60. The van der Waals surface area contributed by atoms with Gasteiger partial charge in [-0.05, 0) is 48.7 Å². The predicted molar refractivity (Wildman–Crippen MR) is 120 cm³/mol. The number of rotatable bonds is 11. The summed E-state index contributed by atoms with van der Waals surface area (Å²) in [7, 11) is 0. The molecule has 0 aliphatic rings. The van der Waals surface area contributed by atoms with Crippen molar-refractivity contribution in [3.05, 3.63) is 60.2 Å². The lowest BCUT2D eigenvalue weighted by Crippen LogP contribution is -2.53. The summed E-state index contributed by atoms with van der Waals surface area (Å²) in [4.78, 5) is 48.7. The van der Waals surface area contributed by atoms with Crippen molar-refractivity contribution in [2.45, 2.75) is 39.3 Å². The number of carbonyl (C=O) groups excluding carboxylic acids is 4. The summed E-state index contributed by atoms with van der Waals surface area (Å²) in [6.07, 6.45) is 0.364. The molecule has 1 unspecified atom stereocenters. The number of hydrogen-bond donors (Lipinski definition) is 3. The van der Waals surface area contributed by atoms with Gasteiger partial charge in [-0.1, -0.05) is 32.0 Å². The number of nitrogens with two attached hydrogens (primary N) is 1. The van der Waals surface area contributed by atoms with E-state index in [0.717, 1.165) is 0 Å². The summed E-state index contributed by atoms with van der Waals surface area (Å²) in [6.45, 7) is 4.68. The normalized spacial score (nSPS) is 12.5. The zero-order chi connectivity index (χ0) is 23.7. The molecule has 0 bridgehead atoms. The minimum absolute atomic E-state index is 0.117. The predicted octanol–water partition coefficient (Wildman–Crippen LogP) is 2.23. The molecular weight excluding hydrogens is 410 g/mol. The van der Waals surface area contributed by atoms with Crippen LogP contribution in [0.3, 0.4) is 0 Å². The second-order valence-corrected chi connectivity index (χ2v) is 7.85. The summed E-state index contributed by atoms with van der Waals surface area (Å²) in [5.41, 5.74) is 6.14. The minimum atomic E-state index is -1.44. The van der Waals surface area contributed by atoms with Crippen molar-refractivity contribution in [2.75, 3.05) is 6.54 Å². The summed E-state index contributed by atoms with van der Waals surface area (Å²) < 4.78 is 5.68. The van der Waals surface area contributed by atoms with E-state index in [1.165, 1.54) is 6.92 Å². The average Bonchev–Trinajstić information content (AvgIpc) is 2.76. The summed E-state index contributed by atoms with van der Waals surface area (Å²) in [5.74, 6) is -0.718. The molecular formula is C24H29N3O5. The first-order valence-electron chi connectivity index (χ1n) is 10.4. The Morgan fingerprint density at radius 1 is 0.938 bits per heavy atom. The number of nitrogens with one attached hydrogen (secondary N) is 2. The lowest BCUT2D eigenvalue weighted by Gasteiger charge is -2.21. The number of Topliss-reactive ketones (excluding diaryl/α,β-unsaturated/α-hetero) is 2. The standard InChI is InChI=1S/C24H29N3O5/c1-15(2)13-20(27-16(3)28)23(30)22(25)21(29)14-26-24(31)17-9-11-19(12-10-17)32-18-7-5-4-6-8-18/h4-12,15,20,22H,13-14,25H2,1-3H3,(H,26,31)(H,27,28)/t20-,22?/m0/s1. The largest absolute Gasteiger partial charge is 0.457 e. The molecule has 8 heteroatoms. The molecule has 2 rings (SSSR count). The van der Waals surface area contributed by atoms with Crippen LogP contribution in [0.1, 0.15) is 37.6 Å². The molecule has 2 aromatic carbocycles. The minimum Gasteiger partial charge on any atom is -0.457 e. The van der Waals surface area contributed by atoms with E-state index in [1.54, 1.807) is 24.3 Å². The maximum Gasteiger partial charge on any atom is 0.251 e. The van der Waals surface area contributed by atoms with Gasteiger partial charge >= 0.3 is 0 Å². The molecule has 2 amide bonds. The Morgan fingerprint density at radius 3 is 2.09 bits per heavy atom. The monoisotopic (exact) mass is 439 g/mol. The Morgan fingerprint density at radius 2 is 1.53 bits per heavy atom. The van der Waals surface area contributed by atoms with Crippen LogP contribution < -0.4 is 21.1 Å². The van der Waals surface area contributed by atoms with E-state index in [-0.39, 0.29) is 11.8 Å². The van der Waals surface area contributed by atoms with Gasteiger partial charge in [0.1, 0.15) is 17.5 Å². The highest BCUT2D eigenvalue weighted by molar-refractivity contribution is 6.10. The molecule has 0 radical (unpaired) electrons. The van der Waals surface area contributed by atoms with E-state index in [9.17, 15) is 19.2 Å². The van der Waals surface area contributed by atoms with Crippen molar-refractivity contribution < 1.29 is 23.9 Å². The second kappa shape index (κ2) is 11.8. The molecule has 2 aromatic rings. The van der Waals surface area contributed by atoms with Crippen molar-refractivity contribution in [1.29, 1.82) is 0 Å². The number of ketones is 2. The molecule has 32 heavy (non-hydrogen) atoms. The molecule has 0 heterocycles. The molecule has 0 fully saturated rings. The van der Waals surface area contributed by atoms with Crippen LogP contribution in [0.2, 0.25) is 0 Å². The molecule has 2 atom stereocenters. The number of para-hydroxylation sites is 1. The Bertz CT molecular complexity index is 942. The highest BCUT2D eigenvalue weighted by atomic mass is 16.5. The highest BCUT2D eigenvalue weighted by Crippen LogP contribution is 2.21. The van der Waals surface area contributed by atoms with E-state index in [4.69, 9.17) is 10.5 Å². The first-order chi connectivity index (χ1) is 15.2. The van der Waals surface area contributed by atoms with Gasteiger partial charge in [0.05, 0.1) is 12.6 Å². The molecule has 8 nitrogen and oxygen atoms in total. The van der Waals surface area contributed by atoms with Crippen molar-refractivity contribution in [3.8, 4) is 11.5 Å². The van der Waals surface area contributed by atoms with Crippen molar-refractivity contribution in [3.63, 3.8) is 0 Å². The summed E-state index contributed by atoms with van der Waals surface area (Å²) in [6, 6.07) is 13.3. The third kappa shape index (κ3) is 7.63. The van der Waals surface area contributed by atoms with Gasteiger partial charge in [0, 0.05) is 12.5 Å². The van der Waals surface area contributed by atoms with E-state index in [0.29, 0.717) is 23.5 Å². The number of carbonyl (C=O) groups is 4. The van der Waals surface area contributed by atoms with Crippen LogP contribution in [0.4, 0.5) is 0 Å². The number of ether oxygens (including phenoxy) is 1. The van der Waals surface area contributed by atoms with Gasteiger partial charge in [-0.25, -0.2) is 0 Å². The zero-order valence-electron chi connectivity index (χ0n) is 18.5. The molecule has 0 spiro atoms. The Hall–Kier alpha value is -3.52. The van der Waals surface area contributed by atoms with E-state index in [2.05, 4.69) is 10.6 Å². The van der Waals surface area contributed by atoms with E-state index >= 15 is 0 Å². The maximum absolute atomic E-state index is 12.6. The van der Waals surface area contributed by atoms with Crippen molar-refractivity contribution in [1.82, 2.24) is 10.6 Å². The Balaban J connectivity index is 1.91. The van der Waals surface area contributed by atoms with Crippen LogP contribution in [0.5, 0.6) is 11.5 Å². The summed E-state index contributed by atoms with van der Waals surface area (Å²) >= 11 is 0. The van der Waals surface area contributed by atoms with Crippen LogP contribution in [-0.4, -0.2) is 42.0 Å². The van der Waals surface area contributed by atoms with Gasteiger partial charge in [0.15, 0.2) is 11.6 Å². The van der Waals surface area contributed by atoms with Gasteiger partial charge in [-0.15, -0.1) is 0 Å². The fourth-order valence-electron chi connectivity index (χ4n) is 3.02. The van der Waals surface area contributed by atoms with Gasteiger partial charge in [0.2, 0.25) is 5.91 Å². The van der Waals surface area contributed by atoms with Gasteiger partial charge in [-0.2, -0.15) is 0 Å². The topological polar surface area (TPSA) is 128 Å². The summed E-state index contributed by atoms with van der Waals surface area (Å²) in [5, 5.41) is 5.02. The maximum atomic E-state index is 12.6. The first kappa shape index (κ1) is 24.7. The third-order valence-corrected chi connectivity index (χ3v) is 4.60. The van der Waals surface area contributed by atoms with Crippen molar-refractivity contribution in [2.24, 2.45) is 11.7 Å². The van der Waals surface area contributed by atoms with Crippen LogP contribution in [0, 0.1) is 5.92 Å². The van der Waals surface area contributed by atoms with Crippen LogP contribution in [0.25, 0.3) is 0 Å². The Kier molecular flexibility index (Phi) is 9.09. The fourth-order valence-corrected chi connectivity index (χ4v) is 3.02. The Labute approximate surface area is 187 Å². The molecule has 170 valence electrons. The molecule has 0 aromatic heterocycles. The zero-order valence-corrected chi connectivity index (χ0v) is 18.5. The number of amides is 2. The first-order valence-corrected chi connectivity index (χ1v) is 10.4. The quantitative estimate of drug-likeness (QED) is 0.461. The van der Waals surface area contributed by atoms with E-state index < -0.39 is 36.1 Å². The van der Waals surface area contributed by atoms with Crippen LogP contribution >= 0.6 is 0 Å². The average molecular weight is 440 g/mol. The van der Waals surface area contributed by atoms with Crippen LogP contribution in [-0.2, 0) is 14.4 Å². The molecule has 0 aliphatic heterocycles. The molecule has 0 saturated heterocycles. The highest BCUT2D eigenvalue weighted by Gasteiger charge is 2.30. The number of benzene rings is 2.